The van der Waals surface area contributed by atoms with Crippen molar-refractivity contribution in [3.05, 3.63) is 29.8 Å². The highest BCUT2D eigenvalue weighted by molar-refractivity contribution is 6.58. The van der Waals surface area contributed by atoms with Crippen molar-refractivity contribution in [1.82, 2.24) is 20.2 Å². The zero-order valence-electron chi connectivity index (χ0n) is 9.49. The summed E-state index contributed by atoms with van der Waals surface area (Å²) in [4.78, 5) is 1.27. The maximum absolute atomic E-state index is 13.2. The highest BCUT2D eigenvalue weighted by Gasteiger charge is 2.14. The van der Waals surface area contributed by atoms with Crippen LogP contribution >= 0.6 is 0 Å². The van der Waals surface area contributed by atoms with Gasteiger partial charge in [0.2, 0.25) is 5.82 Å². The number of ether oxygens (including phenoxy) is 1. The van der Waals surface area contributed by atoms with E-state index in [1.165, 1.54) is 10.9 Å². The fraction of sp³-hybridized carbons (Fsp3) is 0.222. The minimum absolute atomic E-state index is 0.0112. The molecule has 0 amide bonds. The number of benzene rings is 1. The zero-order valence-corrected chi connectivity index (χ0v) is 9.49. The lowest BCUT2D eigenvalue weighted by Crippen LogP contribution is -2.30. The Labute approximate surface area is 102 Å². The van der Waals surface area contributed by atoms with Crippen molar-refractivity contribution in [3.63, 3.8) is 0 Å². The van der Waals surface area contributed by atoms with Gasteiger partial charge in [-0.3, -0.25) is 0 Å². The Morgan fingerprint density at radius 3 is 2.78 bits per heavy atom. The quantitative estimate of drug-likeness (QED) is 0.650. The number of aryl methyl sites for hydroxylation is 1. The van der Waals surface area contributed by atoms with Gasteiger partial charge >= 0.3 is 7.12 Å². The van der Waals surface area contributed by atoms with Crippen LogP contribution in [-0.4, -0.2) is 37.4 Å². The largest absolute Gasteiger partial charge is 0.488 e. The number of tetrazole rings is 1. The van der Waals surface area contributed by atoms with Gasteiger partial charge in [-0.2, -0.15) is 4.80 Å². The number of hydrogen-bond donors (Lipinski definition) is 2. The molecule has 0 saturated heterocycles. The molecule has 0 aliphatic rings. The van der Waals surface area contributed by atoms with Crippen LogP contribution in [0.3, 0.4) is 0 Å². The molecule has 0 aliphatic heterocycles. The minimum atomic E-state index is -1.75. The minimum Gasteiger partial charge on any atom is -0.485 e. The number of nitrogens with zero attached hydrogens (tertiary/aromatic N) is 4. The molecule has 2 N–H and O–H groups in total. The first-order chi connectivity index (χ1) is 8.54. The number of aromatic nitrogens is 4. The Bertz CT molecular complexity index is 548. The van der Waals surface area contributed by atoms with Crippen LogP contribution < -0.4 is 10.2 Å². The second kappa shape index (κ2) is 5.11. The molecule has 1 aromatic heterocycles. The average Bonchev–Trinajstić information content (AvgIpc) is 2.72. The fourth-order valence-corrected chi connectivity index (χ4v) is 1.35. The molecular weight excluding hydrogens is 242 g/mol. The van der Waals surface area contributed by atoms with E-state index in [2.05, 4.69) is 15.4 Å². The van der Waals surface area contributed by atoms with Crippen molar-refractivity contribution in [3.8, 4) is 5.75 Å². The highest BCUT2D eigenvalue weighted by atomic mass is 19.1. The third-order valence-corrected chi connectivity index (χ3v) is 2.11. The summed E-state index contributed by atoms with van der Waals surface area (Å²) in [5.41, 5.74) is 0.0112. The maximum Gasteiger partial charge on any atom is 0.488 e. The number of hydrogen-bond acceptors (Lipinski definition) is 6. The van der Waals surface area contributed by atoms with Gasteiger partial charge in [0.05, 0.1) is 7.05 Å². The van der Waals surface area contributed by atoms with Crippen LogP contribution in [0.5, 0.6) is 5.75 Å². The molecule has 9 heteroatoms. The summed E-state index contributed by atoms with van der Waals surface area (Å²) in [6.45, 7) is 0.0122. The van der Waals surface area contributed by atoms with E-state index in [1.807, 2.05) is 0 Å². The molecule has 7 nitrogen and oxygen atoms in total. The molecular formula is C9H10BFN4O3. The van der Waals surface area contributed by atoms with E-state index in [0.29, 0.717) is 5.82 Å². The molecule has 1 heterocycles. The lowest BCUT2D eigenvalue weighted by atomic mass is 9.80. The highest BCUT2D eigenvalue weighted by Crippen LogP contribution is 2.12. The summed E-state index contributed by atoms with van der Waals surface area (Å²) in [6, 6.07) is 3.46. The third-order valence-electron chi connectivity index (χ3n) is 2.11. The van der Waals surface area contributed by atoms with Crippen LogP contribution in [0.1, 0.15) is 5.82 Å². The second-order valence-electron chi connectivity index (χ2n) is 3.58. The van der Waals surface area contributed by atoms with Crippen molar-refractivity contribution in [2.45, 2.75) is 6.61 Å². The van der Waals surface area contributed by atoms with E-state index in [-0.39, 0.29) is 17.8 Å². The number of rotatable bonds is 4. The Morgan fingerprint density at radius 2 is 2.17 bits per heavy atom. The Morgan fingerprint density at radius 1 is 1.39 bits per heavy atom. The predicted molar refractivity (Wildman–Crippen MR) is 59.4 cm³/mol. The van der Waals surface area contributed by atoms with Gasteiger partial charge < -0.3 is 14.8 Å². The van der Waals surface area contributed by atoms with Crippen LogP contribution in [0.15, 0.2) is 18.2 Å². The van der Waals surface area contributed by atoms with E-state index < -0.39 is 12.9 Å². The molecule has 0 spiro atoms. The Balaban J connectivity index is 2.09. The molecule has 18 heavy (non-hydrogen) atoms. The summed E-state index contributed by atoms with van der Waals surface area (Å²) in [5, 5.41) is 29.1. The SMILES string of the molecule is Cn1nnc(COc2cc(F)cc(B(O)O)c2)n1. The standard InChI is InChI=1S/C9H10BFN4O3/c1-15-13-9(12-14-15)5-18-8-3-6(10(16)17)2-7(11)4-8/h2-4,16-17H,5H2,1H3. The molecule has 0 saturated carbocycles. The van der Waals surface area contributed by atoms with Gasteiger partial charge in [0.15, 0.2) is 6.61 Å². The van der Waals surface area contributed by atoms with Gasteiger partial charge in [-0.25, -0.2) is 4.39 Å². The second-order valence-corrected chi connectivity index (χ2v) is 3.58. The maximum atomic E-state index is 13.2. The van der Waals surface area contributed by atoms with Gasteiger partial charge in [0.1, 0.15) is 11.6 Å². The van der Waals surface area contributed by atoms with E-state index in [0.717, 1.165) is 12.1 Å². The van der Waals surface area contributed by atoms with Gasteiger partial charge in [-0.15, -0.1) is 10.2 Å². The van der Waals surface area contributed by atoms with Crippen LogP contribution in [0.4, 0.5) is 4.39 Å². The number of halogens is 1. The molecule has 0 bridgehead atoms. The Kier molecular flexibility index (Phi) is 3.54. The molecule has 94 valence electrons. The average molecular weight is 252 g/mol. The molecule has 0 aliphatic carbocycles. The summed E-state index contributed by atoms with van der Waals surface area (Å²) in [6.07, 6.45) is 0. The predicted octanol–water partition coefficient (Wildman–Crippen LogP) is -1.39. The van der Waals surface area contributed by atoms with Gasteiger partial charge in [0.25, 0.3) is 0 Å². The van der Waals surface area contributed by atoms with Crippen molar-refractivity contribution in [1.29, 1.82) is 0 Å². The molecule has 2 aromatic rings. The van der Waals surface area contributed by atoms with Gasteiger partial charge in [-0.1, -0.05) is 0 Å². The van der Waals surface area contributed by atoms with Crippen LogP contribution in [0, 0.1) is 5.82 Å². The first-order valence-corrected chi connectivity index (χ1v) is 5.07. The molecule has 2 rings (SSSR count). The lowest BCUT2D eigenvalue weighted by Gasteiger charge is -2.06. The summed E-state index contributed by atoms with van der Waals surface area (Å²) in [5.74, 6) is -0.124. The van der Waals surface area contributed by atoms with Crippen molar-refractivity contribution < 1.29 is 19.2 Å². The van der Waals surface area contributed by atoms with Crippen LogP contribution in [-0.2, 0) is 13.7 Å². The van der Waals surface area contributed by atoms with Crippen LogP contribution in [0.25, 0.3) is 0 Å². The normalized spacial score (nSPS) is 10.4. The molecule has 0 fully saturated rings. The zero-order chi connectivity index (χ0) is 13.1. The van der Waals surface area contributed by atoms with Crippen LogP contribution in [0.2, 0.25) is 0 Å². The van der Waals surface area contributed by atoms with E-state index in [1.54, 1.807) is 7.05 Å². The summed E-state index contributed by atoms with van der Waals surface area (Å²) >= 11 is 0. The monoisotopic (exact) mass is 252 g/mol. The molecule has 0 radical (unpaired) electrons. The fourth-order valence-electron chi connectivity index (χ4n) is 1.35. The van der Waals surface area contributed by atoms with Gasteiger partial charge in [0, 0.05) is 6.07 Å². The molecule has 0 atom stereocenters. The van der Waals surface area contributed by atoms with E-state index in [9.17, 15) is 4.39 Å². The summed E-state index contributed by atoms with van der Waals surface area (Å²) < 4.78 is 18.4. The molecule has 0 unspecified atom stereocenters. The van der Waals surface area contributed by atoms with Crippen molar-refractivity contribution in [2.24, 2.45) is 7.05 Å². The van der Waals surface area contributed by atoms with E-state index in [4.69, 9.17) is 14.8 Å². The smallest absolute Gasteiger partial charge is 0.485 e. The van der Waals surface area contributed by atoms with Crippen molar-refractivity contribution >= 4 is 12.6 Å². The topological polar surface area (TPSA) is 93.3 Å². The Hall–Kier alpha value is -2.00. The first kappa shape index (κ1) is 12.5. The third kappa shape index (κ3) is 3.02. The van der Waals surface area contributed by atoms with Gasteiger partial charge in [-0.05, 0) is 22.8 Å². The molecule has 1 aromatic carbocycles. The first-order valence-electron chi connectivity index (χ1n) is 5.07. The lowest BCUT2D eigenvalue weighted by molar-refractivity contribution is 0.294. The van der Waals surface area contributed by atoms with Crippen molar-refractivity contribution in [2.75, 3.05) is 0 Å². The van der Waals surface area contributed by atoms with E-state index >= 15 is 0 Å². The summed E-state index contributed by atoms with van der Waals surface area (Å²) in [7, 11) is -0.142.